The summed E-state index contributed by atoms with van der Waals surface area (Å²) in [5.74, 6) is -4.56. The van der Waals surface area contributed by atoms with Gasteiger partial charge in [-0.1, -0.05) is 6.92 Å². The van der Waals surface area contributed by atoms with E-state index in [1.54, 1.807) is 6.92 Å². The molecule has 0 spiro atoms. The Hall–Kier alpha value is -1.59. The smallest absolute Gasteiger partial charge is 0.307 e. The van der Waals surface area contributed by atoms with Crippen molar-refractivity contribution >= 4 is 17.8 Å². The zero-order chi connectivity index (χ0) is 12.5. The quantitative estimate of drug-likeness (QED) is 0.609. The summed E-state index contributed by atoms with van der Waals surface area (Å²) >= 11 is 0. The Balaban J connectivity index is 2.68. The Morgan fingerprint density at radius 3 is 2.12 bits per heavy atom. The normalized spacial score (nSPS) is 32.8. The fourth-order valence-corrected chi connectivity index (χ4v) is 2.54. The fourth-order valence-electron chi connectivity index (χ4n) is 2.54. The number of hydrogen-bond acceptors (Lipinski definition) is 3. The number of amides is 1. The van der Waals surface area contributed by atoms with Crippen LogP contribution in [0.4, 0.5) is 0 Å². The molecule has 4 N–H and O–H groups in total. The second-order valence-corrected chi connectivity index (χ2v) is 4.25. The molecule has 1 fully saturated rings. The van der Waals surface area contributed by atoms with E-state index >= 15 is 0 Å². The Kier molecular flexibility index (Phi) is 3.51. The van der Waals surface area contributed by atoms with E-state index in [1.807, 2.05) is 0 Å². The first-order valence-corrected chi connectivity index (χ1v) is 5.10. The third kappa shape index (κ3) is 2.15. The van der Waals surface area contributed by atoms with Gasteiger partial charge < -0.3 is 15.9 Å². The van der Waals surface area contributed by atoms with Crippen LogP contribution < -0.4 is 5.73 Å². The van der Waals surface area contributed by atoms with Gasteiger partial charge in [0.25, 0.3) is 0 Å². The third-order valence-corrected chi connectivity index (χ3v) is 3.40. The van der Waals surface area contributed by atoms with Crippen molar-refractivity contribution in [3.8, 4) is 0 Å². The molecule has 0 heterocycles. The van der Waals surface area contributed by atoms with Crippen molar-refractivity contribution in [2.24, 2.45) is 29.4 Å². The first-order valence-electron chi connectivity index (χ1n) is 5.10. The largest absolute Gasteiger partial charge is 0.481 e. The van der Waals surface area contributed by atoms with E-state index < -0.39 is 29.7 Å². The summed E-state index contributed by atoms with van der Waals surface area (Å²) in [4.78, 5) is 32.4. The number of aliphatic carboxylic acids is 2. The van der Waals surface area contributed by atoms with Gasteiger partial charge in [0.2, 0.25) is 5.91 Å². The molecule has 1 amide bonds. The first-order chi connectivity index (χ1) is 7.36. The van der Waals surface area contributed by atoms with Crippen LogP contribution >= 0.6 is 0 Å². The minimum Gasteiger partial charge on any atom is -0.481 e. The highest BCUT2D eigenvalue weighted by atomic mass is 16.4. The lowest BCUT2D eigenvalue weighted by molar-refractivity contribution is -0.164. The summed E-state index contributed by atoms with van der Waals surface area (Å²) in [5.41, 5.74) is 5.14. The van der Waals surface area contributed by atoms with Crippen molar-refractivity contribution in [1.29, 1.82) is 0 Å². The Morgan fingerprint density at radius 1 is 1.19 bits per heavy atom. The maximum atomic E-state index is 11.1. The molecule has 1 aliphatic rings. The maximum absolute atomic E-state index is 11.1. The monoisotopic (exact) mass is 229 g/mol. The number of carbonyl (C=O) groups excluding carboxylic acids is 1. The molecule has 0 bridgehead atoms. The van der Waals surface area contributed by atoms with Crippen LogP contribution in [0.1, 0.15) is 19.8 Å². The average Bonchev–Trinajstić information content (AvgIpc) is 2.12. The van der Waals surface area contributed by atoms with Gasteiger partial charge in [0.05, 0.1) is 11.8 Å². The number of carboxylic acid groups (broad SMARTS) is 2. The van der Waals surface area contributed by atoms with Crippen molar-refractivity contribution in [2.75, 3.05) is 0 Å². The van der Waals surface area contributed by atoms with Crippen LogP contribution in [0.5, 0.6) is 0 Å². The summed E-state index contributed by atoms with van der Waals surface area (Å²) in [6, 6.07) is 0. The molecule has 1 rings (SSSR count). The molecule has 0 aromatic heterocycles. The van der Waals surface area contributed by atoms with Crippen molar-refractivity contribution in [1.82, 2.24) is 0 Å². The number of nitrogens with two attached hydrogens (primary N) is 1. The van der Waals surface area contributed by atoms with E-state index in [0.29, 0.717) is 6.42 Å². The molecule has 4 atom stereocenters. The molecule has 0 aliphatic heterocycles. The molecule has 6 nitrogen and oxygen atoms in total. The molecule has 6 heteroatoms. The number of carbonyl (C=O) groups is 3. The zero-order valence-electron chi connectivity index (χ0n) is 8.92. The minimum absolute atomic E-state index is 0.0644. The highest BCUT2D eigenvalue weighted by Gasteiger charge is 2.54. The maximum Gasteiger partial charge on any atom is 0.307 e. The van der Waals surface area contributed by atoms with E-state index in [1.165, 1.54) is 0 Å². The number of hydrogen-bond donors (Lipinski definition) is 3. The molecule has 90 valence electrons. The lowest BCUT2D eigenvalue weighted by Gasteiger charge is -2.46. The molecule has 0 saturated heterocycles. The topological polar surface area (TPSA) is 118 Å². The van der Waals surface area contributed by atoms with Crippen LogP contribution in [0.15, 0.2) is 0 Å². The van der Waals surface area contributed by atoms with E-state index in [9.17, 15) is 14.4 Å². The van der Waals surface area contributed by atoms with Gasteiger partial charge in [-0.05, 0) is 18.3 Å². The van der Waals surface area contributed by atoms with Gasteiger partial charge >= 0.3 is 11.9 Å². The lowest BCUT2D eigenvalue weighted by atomic mass is 9.55. The van der Waals surface area contributed by atoms with Gasteiger partial charge in [-0.25, -0.2) is 0 Å². The van der Waals surface area contributed by atoms with Crippen LogP contribution in [0.25, 0.3) is 0 Å². The van der Waals surface area contributed by atoms with Crippen molar-refractivity contribution in [3.05, 3.63) is 0 Å². The van der Waals surface area contributed by atoms with Crippen LogP contribution in [-0.2, 0) is 14.4 Å². The summed E-state index contributed by atoms with van der Waals surface area (Å²) in [5, 5.41) is 17.4. The SMILES string of the molecule is CC1C(CCC(=O)O)C(C(N)=O)C1C(=O)O. The molecule has 1 aliphatic carbocycles. The van der Waals surface area contributed by atoms with Gasteiger partial charge in [-0.2, -0.15) is 0 Å². The first kappa shape index (κ1) is 12.5. The van der Waals surface area contributed by atoms with Gasteiger partial charge in [0.15, 0.2) is 0 Å². The summed E-state index contributed by atoms with van der Waals surface area (Å²) in [6.45, 7) is 1.71. The highest BCUT2D eigenvalue weighted by Crippen LogP contribution is 2.48. The fraction of sp³-hybridized carbons (Fsp3) is 0.700. The number of primary amides is 1. The van der Waals surface area contributed by atoms with Crippen molar-refractivity contribution in [3.63, 3.8) is 0 Å². The molecule has 1 saturated carbocycles. The zero-order valence-corrected chi connectivity index (χ0v) is 8.92. The minimum atomic E-state index is -1.04. The second-order valence-electron chi connectivity index (χ2n) is 4.25. The predicted molar refractivity (Wildman–Crippen MR) is 53.3 cm³/mol. The van der Waals surface area contributed by atoms with E-state index in [2.05, 4.69) is 0 Å². The van der Waals surface area contributed by atoms with Gasteiger partial charge in [0, 0.05) is 6.42 Å². The van der Waals surface area contributed by atoms with Crippen LogP contribution in [0.3, 0.4) is 0 Å². The molecular formula is C10H15NO5. The van der Waals surface area contributed by atoms with Crippen molar-refractivity contribution in [2.45, 2.75) is 19.8 Å². The lowest BCUT2D eigenvalue weighted by Crippen LogP contribution is -2.55. The Bertz CT molecular complexity index is 327. The summed E-state index contributed by atoms with van der Waals surface area (Å²) in [6.07, 6.45) is 0.235. The molecule has 4 unspecified atom stereocenters. The molecule has 0 radical (unpaired) electrons. The standard InChI is InChI=1S/C10H15NO5/c1-4-5(2-3-6(12)13)8(9(11)14)7(4)10(15)16/h4-5,7-8H,2-3H2,1H3,(H2,11,14)(H,12,13)(H,15,16). The second kappa shape index (κ2) is 4.51. The number of carboxylic acids is 2. The van der Waals surface area contributed by atoms with Gasteiger partial charge in [-0.3, -0.25) is 14.4 Å². The van der Waals surface area contributed by atoms with E-state index in [4.69, 9.17) is 15.9 Å². The Morgan fingerprint density at radius 2 is 1.75 bits per heavy atom. The molecule has 0 aromatic carbocycles. The van der Waals surface area contributed by atoms with E-state index in [0.717, 1.165) is 0 Å². The average molecular weight is 229 g/mol. The van der Waals surface area contributed by atoms with E-state index in [-0.39, 0.29) is 18.3 Å². The highest BCUT2D eigenvalue weighted by molar-refractivity contribution is 5.86. The molecule has 0 aromatic rings. The Labute approximate surface area is 92.4 Å². The van der Waals surface area contributed by atoms with Gasteiger partial charge in [-0.15, -0.1) is 0 Å². The molecular weight excluding hydrogens is 214 g/mol. The third-order valence-electron chi connectivity index (χ3n) is 3.40. The van der Waals surface area contributed by atoms with Crippen LogP contribution in [-0.4, -0.2) is 28.1 Å². The summed E-state index contributed by atoms with van der Waals surface area (Å²) < 4.78 is 0. The van der Waals surface area contributed by atoms with Crippen molar-refractivity contribution < 1.29 is 24.6 Å². The predicted octanol–water partition coefficient (Wildman–Crippen LogP) is -0.0806. The number of rotatable bonds is 5. The summed E-state index contributed by atoms with van der Waals surface area (Å²) in [7, 11) is 0. The van der Waals surface area contributed by atoms with Crippen LogP contribution in [0.2, 0.25) is 0 Å². The molecule has 16 heavy (non-hydrogen) atoms. The van der Waals surface area contributed by atoms with Crippen LogP contribution in [0, 0.1) is 23.7 Å². The van der Waals surface area contributed by atoms with Gasteiger partial charge in [0.1, 0.15) is 0 Å².